The highest BCUT2D eigenvalue weighted by Gasteiger charge is 2.33. The van der Waals surface area contributed by atoms with Crippen LogP contribution in [0.15, 0.2) is 145 Å². The number of rotatable bonds is 2. The van der Waals surface area contributed by atoms with E-state index >= 15 is 0 Å². The molecule has 0 radical (unpaired) electrons. The average molecular weight is 595 g/mol. The van der Waals surface area contributed by atoms with Gasteiger partial charge in [-0.1, -0.05) is 147 Å². The third-order valence-corrected chi connectivity index (χ3v) is 8.62. The van der Waals surface area contributed by atoms with E-state index in [2.05, 4.69) is 0 Å². The lowest BCUT2D eigenvalue weighted by Gasteiger charge is -2.35. The van der Waals surface area contributed by atoms with E-state index in [0.29, 0.717) is 0 Å². The first-order chi connectivity index (χ1) is 32.1. The van der Waals surface area contributed by atoms with Gasteiger partial charge in [0.2, 0.25) is 0 Å². The molecule has 0 aliphatic heterocycles. The standard InChI is InChI=1S/C45H30/c1-45(2)40-16-6-5-13-35(40)37-15-8-14-36-34(23-24-41(45)44(36)37)39-26-31(25-30-9-3-4-12-32(30)39)33-21-19-29-18-17-27-10-7-11-28-20-22-38(33)43(29)42(27)28/h3-26H,1-2H3/i3D,4D,5D,6D,7D,8D,9D,10D,11D,12D,13D,14D,15D,16D,17D,18D,19D,20D,21D,22D,23D,24D,25D,26D. The molecule has 45 heavy (non-hydrogen) atoms. The van der Waals surface area contributed by atoms with Crippen molar-refractivity contribution in [1.82, 2.24) is 0 Å². The van der Waals surface area contributed by atoms with Crippen LogP contribution in [0.1, 0.15) is 57.9 Å². The molecule has 9 aromatic carbocycles. The molecule has 0 heteroatoms. The van der Waals surface area contributed by atoms with Crippen molar-refractivity contribution in [1.29, 1.82) is 0 Å². The van der Waals surface area contributed by atoms with Gasteiger partial charge in [0.1, 0.15) is 0 Å². The van der Waals surface area contributed by atoms with Gasteiger partial charge in [-0.3, -0.25) is 0 Å². The van der Waals surface area contributed by atoms with Crippen LogP contribution in [0.4, 0.5) is 0 Å². The van der Waals surface area contributed by atoms with Crippen LogP contribution in [-0.2, 0) is 5.41 Å². The molecule has 0 nitrogen and oxygen atoms in total. The van der Waals surface area contributed by atoms with Gasteiger partial charge in [-0.2, -0.15) is 0 Å². The van der Waals surface area contributed by atoms with Gasteiger partial charge < -0.3 is 0 Å². The maximum atomic E-state index is 10.2. The zero-order valence-corrected chi connectivity index (χ0v) is 23.5. The largest absolute Gasteiger partial charge is 0.0636 e. The van der Waals surface area contributed by atoms with Crippen molar-refractivity contribution in [2.24, 2.45) is 0 Å². The van der Waals surface area contributed by atoms with Crippen LogP contribution in [0.3, 0.4) is 0 Å². The Labute approximate surface area is 296 Å². The van der Waals surface area contributed by atoms with E-state index in [0.717, 1.165) is 0 Å². The van der Waals surface area contributed by atoms with Gasteiger partial charge in [0.15, 0.2) is 0 Å². The van der Waals surface area contributed by atoms with E-state index in [9.17, 15) is 16.4 Å². The fourth-order valence-corrected chi connectivity index (χ4v) is 6.53. The summed E-state index contributed by atoms with van der Waals surface area (Å²) < 4.78 is 220. The smallest absolute Gasteiger partial charge is 0.0619 e. The number of hydrogen-bond acceptors (Lipinski definition) is 0. The van der Waals surface area contributed by atoms with Crippen molar-refractivity contribution < 1.29 is 32.9 Å². The molecule has 0 aromatic heterocycles. The Kier molecular flexibility index (Phi) is 2.18. The van der Waals surface area contributed by atoms with Crippen molar-refractivity contribution >= 4 is 53.9 Å². The Morgan fingerprint density at radius 3 is 1.89 bits per heavy atom. The highest BCUT2D eigenvalue weighted by molar-refractivity contribution is 6.26. The molecule has 0 spiro atoms. The van der Waals surface area contributed by atoms with Gasteiger partial charge in [0.05, 0.1) is 32.9 Å². The van der Waals surface area contributed by atoms with Crippen LogP contribution in [0.5, 0.6) is 0 Å². The molecule has 0 N–H and O–H groups in total. The molecule has 0 unspecified atom stereocenters. The Balaban J connectivity index is 1.53. The highest BCUT2D eigenvalue weighted by atomic mass is 14.4. The molecule has 1 aliphatic rings. The normalized spacial score (nSPS) is 21.2. The van der Waals surface area contributed by atoms with Crippen LogP contribution >= 0.6 is 0 Å². The average Bonchev–Trinajstić information content (AvgIpc) is 3.29. The van der Waals surface area contributed by atoms with Gasteiger partial charge >= 0.3 is 0 Å². The van der Waals surface area contributed by atoms with Crippen molar-refractivity contribution in [3.63, 3.8) is 0 Å². The summed E-state index contributed by atoms with van der Waals surface area (Å²) in [4.78, 5) is 0. The lowest BCUT2D eigenvalue weighted by molar-refractivity contribution is 0.645. The summed E-state index contributed by atoms with van der Waals surface area (Å²) >= 11 is 0. The van der Waals surface area contributed by atoms with Gasteiger partial charge in [-0.15, -0.1) is 0 Å². The summed E-state index contributed by atoms with van der Waals surface area (Å²) in [6.07, 6.45) is 0. The van der Waals surface area contributed by atoms with E-state index in [1.54, 1.807) is 0 Å². The molecule has 0 amide bonds. The van der Waals surface area contributed by atoms with Gasteiger partial charge in [-0.05, 0) is 110 Å². The minimum absolute atomic E-state index is 0.0688. The van der Waals surface area contributed by atoms with Crippen molar-refractivity contribution in [3.05, 3.63) is 156 Å². The summed E-state index contributed by atoms with van der Waals surface area (Å²) in [5.41, 5.74) is -4.94. The quantitative estimate of drug-likeness (QED) is 0.175. The predicted octanol–water partition coefficient (Wildman–Crippen LogP) is 12.5. The van der Waals surface area contributed by atoms with Gasteiger partial charge in [0.25, 0.3) is 0 Å². The molecule has 1 aliphatic carbocycles. The molecular weight excluding hydrogens is 540 g/mol. The van der Waals surface area contributed by atoms with Crippen LogP contribution in [0.25, 0.3) is 87.2 Å². The minimum Gasteiger partial charge on any atom is -0.0619 e. The first-order valence-electron chi connectivity index (χ1n) is 26.0. The monoisotopic (exact) mass is 594 g/mol. The molecule has 0 saturated heterocycles. The third kappa shape index (κ3) is 3.32. The number of fused-ring (bicyclic) bond motifs is 3. The molecule has 0 bridgehead atoms. The van der Waals surface area contributed by atoms with E-state index < -0.39 is 210 Å². The van der Waals surface area contributed by atoms with Gasteiger partial charge in [0, 0.05) is 5.41 Å². The summed E-state index contributed by atoms with van der Waals surface area (Å²) in [5.74, 6) is 0. The second-order valence-electron chi connectivity index (χ2n) is 11.4. The molecule has 0 saturated carbocycles. The molecule has 10 rings (SSSR count). The Bertz CT molecular complexity index is 4000. The maximum absolute atomic E-state index is 10.2. The van der Waals surface area contributed by atoms with Crippen LogP contribution < -0.4 is 0 Å². The van der Waals surface area contributed by atoms with E-state index in [-0.39, 0.29) is 38.4 Å². The van der Waals surface area contributed by atoms with Crippen molar-refractivity contribution in [2.45, 2.75) is 19.3 Å². The second-order valence-corrected chi connectivity index (χ2v) is 11.4. The summed E-state index contributed by atoms with van der Waals surface area (Å²) in [6.45, 7) is 3.03. The fraction of sp³-hybridized carbons (Fsp3) is 0.0667. The zero-order valence-electron chi connectivity index (χ0n) is 47.5. The molecule has 9 aromatic rings. The molecular formula is C45H30. The predicted molar refractivity (Wildman–Crippen MR) is 194 cm³/mol. The van der Waals surface area contributed by atoms with Crippen molar-refractivity contribution in [3.8, 4) is 33.4 Å². The summed E-state index contributed by atoms with van der Waals surface area (Å²) in [7, 11) is 0. The maximum Gasteiger partial charge on any atom is 0.0636 e. The number of benzene rings is 9. The molecule has 0 atom stereocenters. The fourth-order valence-electron chi connectivity index (χ4n) is 6.53. The van der Waals surface area contributed by atoms with Gasteiger partial charge in [-0.25, -0.2) is 0 Å². The van der Waals surface area contributed by atoms with E-state index in [1.165, 1.54) is 13.8 Å². The lowest BCUT2D eigenvalue weighted by Crippen LogP contribution is -2.23. The lowest BCUT2D eigenvalue weighted by atomic mass is 9.68. The first kappa shape index (κ1) is 11.2. The van der Waals surface area contributed by atoms with E-state index in [4.69, 9.17) is 16.4 Å². The Hall–Kier alpha value is -5.46. The summed E-state index contributed by atoms with van der Waals surface area (Å²) in [5, 5.41) is -4.13. The highest BCUT2D eigenvalue weighted by Crippen LogP contribution is 2.51. The van der Waals surface area contributed by atoms with Crippen molar-refractivity contribution in [2.75, 3.05) is 0 Å². The second kappa shape index (κ2) is 8.80. The molecule has 210 valence electrons. The Morgan fingerprint density at radius 2 is 1.00 bits per heavy atom. The Morgan fingerprint density at radius 1 is 0.378 bits per heavy atom. The molecule has 0 fully saturated rings. The number of hydrogen-bond donors (Lipinski definition) is 0. The first-order valence-corrected chi connectivity index (χ1v) is 14.0. The van der Waals surface area contributed by atoms with Crippen LogP contribution in [-0.4, -0.2) is 0 Å². The molecule has 0 heterocycles. The SMILES string of the molecule is [2H]c1c([2H])c([2H])c2c(c1[2H])-c1c([2H])c([2H])c([2H])c3c(-c4c([2H])c(-c5c([2H])c([2H])c6c([2H])c([2H])c7c([2H])c([2H])c([2H])c8c([2H])c([2H])c5c6c78)c([2H])c5c([2H])c([2H])c([2H])c([2H])c45)c([2H])c([2H])c(c13)C2(C)C. The summed E-state index contributed by atoms with van der Waals surface area (Å²) in [6, 6.07) is -18.3. The minimum atomic E-state index is -1.59. The van der Waals surface area contributed by atoms with E-state index in [1.807, 2.05) is 0 Å². The zero-order chi connectivity index (χ0) is 50.7. The third-order valence-electron chi connectivity index (χ3n) is 8.62. The van der Waals surface area contributed by atoms with Crippen LogP contribution in [0, 0.1) is 0 Å². The van der Waals surface area contributed by atoms with Crippen LogP contribution in [0.2, 0.25) is 0 Å². The topological polar surface area (TPSA) is 0 Å².